The van der Waals surface area contributed by atoms with Gasteiger partial charge in [-0.1, -0.05) is 42.0 Å². The lowest BCUT2D eigenvalue weighted by molar-refractivity contribution is 1.48. The lowest BCUT2D eigenvalue weighted by atomic mass is 10.1. The van der Waals surface area contributed by atoms with Crippen molar-refractivity contribution in [2.24, 2.45) is 0 Å². The lowest BCUT2D eigenvalue weighted by Gasteiger charge is -1.98. The fourth-order valence-corrected chi connectivity index (χ4v) is 17.1. The average Bonchev–Trinajstić information content (AvgIpc) is 3.80. The number of halogens is 4. The van der Waals surface area contributed by atoms with E-state index >= 15 is 0 Å². The number of anilines is 1. The van der Waals surface area contributed by atoms with E-state index in [9.17, 15) is 0 Å². The van der Waals surface area contributed by atoms with Crippen LogP contribution >= 0.6 is 132 Å². The number of aryl methyl sites for hydroxylation is 1. The van der Waals surface area contributed by atoms with Gasteiger partial charge in [-0.25, -0.2) is 0 Å². The largest absolute Gasteiger partial charge is 0.399 e. The fourth-order valence-electron chi connectivity index (χ4n) is 4.86. The van der Waals surface area contributed by atoms with Crippen molar-refractivity contribution >= 4 is 166 Å². The van der Waals surface area contributed by atoms with Crippen LogP contribution in [-0.2, 0) is 0 Å². The maximum absolute atomic E-state index is 5.92. The number of nitrogens with two attached hydrogens (primary N) is 1. The van der Waals surface area contributed by atoms with Crippen LogP contribution in [0.15, 0.2) is 78.6 Å². The Morgan fingerprint density at radius 2 is 0.881 bits per heavy atom. The van der Waals surface area contributed by atoms with Crippen LogP contribution in [0.2, 0.25) is 0 Å². The Kier molecular flexibility index (Phi) is 7.42. The molecular weight excluding hydrogens is 898 g/mol. The van der Waals surface area contributed by atoms with Crippen LogP contribution in [0.25, 0.3) is 68.6 Å². The molecule has 0 unspecified atom stereocenters. The van der Waals surface area contributed by atoms with Crippen LogP contribution in [0.4, 0.5) is 5.69 Å². The minimum atomic E-state index is 0.782. The van der Waals surface area contributed by atoms with Crippen molar-refractivity contribution in [1.82, 2.24) is 0 Å². The molecule has 208 valence electrons. The Morgan fingerprint density at radius 3 is 1.33 bits per heavy atom. The summed E-state index contributed by atoms with van der Waals surface area (Å²) in [6.07, 6.45) is 0. The van der Waals surface area contributed by atoms with Gasteiger partial charge in [0, 0.05) is 24.4 Å². The van der Waals surface area contributed by atoms with Crippen molar-refractivity contribution in [2.45, 2.75) is 6.92 Å². The van der Waals surface area contributed by atoms with Crippen LogP contribution in [0, 0.1) is 6.92 Å². The molecule has 8 aromatic rings. The van der Waals surface area contributed by atoms with E-state index in [2.05, 4.69) is 119 Å². The van der Waals surface area contributed by atoms with Gasteiger partial charge in [0.2, 0.25) is 0 Å². The first-order valence-electron chi connectivity index (χ1n) is 12.5. The number of rotatable bonds is 4. The van der Waals surface area contributed by atoms with Gasteiger partial charge in [-0.2, -0.15) is 0 Å². The molecule has 0 aliphatic carbocycles. The molecule has 0 saturated carbocycles. The van der Waals surface area contributed by atoms with E-state index in [-0.39, 0.29) is 0 Å². The summed E-state index contributed by atoms with van der Waals surface area (Å²) in [5.41, 5.74) is 10.4. The highest BCUT2D eigenvalue weighted by Crippen LogP contribution is 2.59. The van der Waals surface area contributed by atoms with Crippen molar-refractivity contribution in [3.8, 4) is 40.4 Å². The summed E-state index contributed by atoms with van der Waals surface area (Å²) >= 11 is 27.0. The first-order valence-corrected chi connectivity index (χ1v) is 20.6. The lowest BCUT2D eigenvalue weighted by Crippen LogP contribution is -1.82. The molecule has 8 rings (SSSR count). The van der Waals surface area contributed by atoms with Gasteiger partial charge in [-0.05, 0) is 106 Å². The van der Waals surface area contributed by atoms with Crippen LogP contribution in [0.5, 0.6) is 0 Å². The summed E-state index contributed by atoms with van der Waals surface area (Å²) in [5, 5.41) is 0. The quantitative estimate of drug-likeness (QED) is 0.175. The van der Waals surface area contributed by atoms with Crippen molar-refractivity contribution < 1.29 is 0 Å². The molecule has 0 saturated heterocycles. The van der Waals surface area contributed by atoms with Gasteiger partial charge in [0.05, 0.1) is 56.7 Å². The monoisotopic (exact) mass is 909 g/mol. The minimum absolute atomic E-state index is 0.782. The number of hydrogen-bond acceptors (Lipinski definition) is 7. The molecule has 0 aliphatic rings. The average molecular weight is 913 g/mol. The molecule has 0 aliphatic heterocycles. The van der Waals surface area contributed by atoms with Gasteiger partial charge >= 0.3 is 0 Å². The first kappa shape index (κ1) is 28.6. The van der Waals surface area contributed by atoms with E-state index in [0.717, 1.165) is 14.6 Å². The van der Waals surface area contributed by atoms with Gasteiger partial charge in [-0.3, -0.25) is 0 Å². The third-order valence-electron chi connectivity index (χ3n) is 6.96. The summed E-state index contributed by atoms with van der Waals surface area (Å²) in [4.78, 5) is 7.61. The van der Waals surface area contributed by atoms with Gasteiger partial charge in [-0.15, -0.1) is 68.0 Å². The standard InChI is InChI=1S/C31H15Br4NS6/c1-12-2-4-13(5-3-12)18-10-16(32)22(37-18)24-20(34)26-28(39-24)30-31(41-26)29-27(42-30)21(35)25(40-29)23-17(33)11-19(38-23)14-6-8-15(36)9-7-14/h2-11H,36H2,1H3. The van der Waals surface area contributed by atoms with Crippen LogP contribution < -0.4 is 5.73 Å². The highest BCUT2D eigenvalue weighted by atomic mass is 79.9. The molecule has 0 radical (unpaired) electrons. The molecule has 0 atom stereocenters. The highest BCUT2D eigenvalue weighted by Gasteiger charge is 2.26. The van der Waals surface area contributed by atoms with Crippen molar-refractivity contribution in [3.63, 3.8) is 0 Å². The molecule has 2 N–H and O–H groups in total. The number of hydrogen-bond donors (Lipinski definition) is 1. The topological polar surface area (TPSA) is 26.0 Å². The van der Waals surface area contributed by atoms with E-state index in [4.69, 9.17) is 5.73 Å². The van der Waals surface area contributed by atoms with E-state index in [0.29, 0.717) is 0 Å². The SMILES string of the molecule is Cc1ccc(-c2cc(Br)c(-c3sc4c(sc5c6sc(-c7sc(-c8ccc(N)cc8)cc7Br)c(Br)c6sc45)c3Br)s2)cc1. The molecule has 11 heteroatoms. The van der Waals surface area contributed by atoms with E-state index in [1.807, 2.05) is 80.2 Å². The van der Waals surface area contributed by atoms with Crippen molar-refractivity contribution in [1.29, 1.82) is 0 Å². The Labute approximate surface area is 299 Å². The van der Waals surface area contributed by atoms with E-state index in [1.165, 1.54) is 83.1 Å². The minimum Gasteiger partial charge on any atom is -0.399 e. The van der Waals surface area contributed by atoms with Gasteiger partial charge in [0.1, 0.15) is 0 Å². The molecule has 2 aromatic carbocycles. The molecule has 0 fully saturated rings. The zero-order valence-corrected chi connectivity index (χ0v) is 32.6. The second-order valence-electron chi connectivity index (χ2n) is 9.73. The number of nitrogen functional groups attached to an aromatic ring is 1. The van der Waals surface area contributed by atoms with E-state index < -0.39 is 0 Å². The molecule has 0 bridgehead atoms. The van der Waals surface area contributed by atoms with Crippen molar-refractivity contribution in [2.75, 3.05) is 5.73 Å². The zero-order valence-electron chi connectivity index (χ0n) is 21.3. The third kappa shape index (κ3) is 4.61. The normalized spacial score (nSPS) is 12.0. The second-order valence-corrected chi connectivity index (χ2v) is 19.2. The molecule has 1 nitrogen and oxygen atoms in total. The second kappa shape index (κ2) is 10.9. The predicted molar refractivity (Wildman–Crippen MR) is 208 cm³/mol. The number of benzene rings is 2. The summed E-state index contributed by atoms with van der Waals surface area (Å²) in [7, 11) is 0. The van der Waals surface area contributed by atoms with Crippen LogP contribution in [-0.4, -0.2) is 0 Å². The van der Waals surface area contributed by atoms with Gasteiger partial charge < -0.3 is 5.73 Å². The maximum atomic E-state index is 5.92. The molecule has 0 amide bonds. The molecular formula is C31H15Br4NS6. The Morgan fingerprint density at radius 1 is 0.476 bits per heavy atom. The molecule has 6 heterocycles. The highest BCUT2D eigenvalue weighted by molar-refractivity contribution is 9.11. The Hall–Kier alpha value is -0.860. The van der Waals surface area contributed by atoms with Gasteiger partial charge in [0.25, 0.3) is 0 Å². The fraction of sp³-hybridized carbons (Fsp3) is 0.0323. The predicted octanol–water partition coefficient (Wildman–Crippen LogP) is 15.1. The third-order valence-corrected chi connectivity index (χ3v) is 19.6. The zero-order chi connectivity index (χ0) is 28.9. The summed E-state index contributed by atoms with van der Waals surface area (Å²) in [6, 6.07) is 21.3. The number of thiophene rings is 6. The first-order chi connectivity index (χ1) is 20.3. The molecule has 42 heavy (non-hydrogen) atoms. The summed E-state index contributed by atoms with van der Waals surface area (Å²) in [6.45, 7) is 2.13. The van der Waals surface area contributed by atoms with Gasteiger partial charge in [0.15, 0.2) is 0 Å². The molecule has 0 spiro atoms. The summed E-state index contributed by atoms with van der Waals surface area (Å²) in [5.74, 6) is 0. The smallest absolute Gasteiger partial charge is 0.0651 e. The van der Waals surface area contributed by atoms with E-state index in [1.54, 1.807) is 0 Å². The van der Waals surface area contributed by atoms with Crippen molar-refractivity contribution in [3.05, 3.63) is 84.1 Å². The van der Waals surface area contributed by atoms with Crippen LogP contribution in [0.3, 0.4) is 0 Å². The number of fused-ring (bicyclic) bond motifs is 5. The summed E-state index contributed by atoms with van der Waals surface area (Å²) < 4.78 is 12.8. The maximum Gasteiger partial charge on any atom is 0.0651 e. The molecule has 6 aromatic heterocycles. The van der Waals surface area contributed by atoms with Crippen LogP contribution in [0.1, 0.15) is 5.56 Å². The Balaban J connectivity index is 1.21. The Bertz CT molecular complexity index is 2140.